The van der Waals surface area contributed by atoms with Crippen molar-refractivity contribution in [3.8, 4) is 11.3 Å². The van der Waals surface area contributed by atoms with Gasteiger partial charge in [-0.15, -0.1) is 11.3 Å². The van der Waals surface area contributed by atoms with Gasteiger partial charge in [-0.2, -0.15) is 0 Å². The van der Waals surface area contributed by atoms with Crippen LogP contribution in [0.25, 0.3) is 11.3 Å². The molecule has 1 N–H and O–H groups in total. The van der Waals surface area contributed by atoms with Crippen molar-refractivity contribution in [2.24, 2.45) is 0 Å². The number of hydrogen-bond acceptors (Lipinski definition) is 5. The summed E-state index contributed by atoms with van der Waals surface area (Å²) < 4.78 is 1.46. The summed E-state index contributed by atoms with van der Waals surface area (Å²) in [5.41, 5.74) is 3.97. The second kappa shape index (κ2) is 7.97. The monoisotopic (exact) mass is 387 g/mol. The van der Waals surface area contributed by atoms with Crippen molar-refractivity contribution in [2.45, 2.75) is 39.7 Å². The molecule has 3 aromatic rings. The fourth-order valence-corrected chi connectivity index (χ4v) is 4.05. The average molecular weight is 388 g/mol. The van der Waals surface area contributed by atoms with E-state index in [1.54, 1.807) is 5.38 Å². The summed E-state index contributed by atoms with van der Waals surface area (Å²) in [6.45, 7) is 6.22. The predicted molar refractivity (Wildman–Crippen MR) is 108 cm³/mol. The molecule has 3 rings (SSSR count). The van der Waals surface area contributed by atoms with Gasteiger partial charge in [-0.25, -0.2) is 4.98 Å². The van der Waals surface area contributed by atoms with Crippen LogP contribution in [0.15, 0.2) is 39.8 Å². The lowest BCUT2D eigenvalue weighted by molar-refractivity contribution is -0.116. The van der Waals surface area contributed by atoms with Crippen LogP contribution in [0.1, 0.15) is 37.4 Å². The first kappa shape index (κ1) is 18.5. The summed E-state index contributed by atoms with van der Waals surface area (Å²) in [7, 11) is 0. The number of carbonyl (C=O) groups is 1. The number of thiazole rings is 2. The fraction of sp³-hybridized carbons (Fsp3) is 0.316. The van der Waals surface area contributed by atoms with Crippen molar-refractivity contribution in [3.05, 3.63) is 56.0 Å². The minimum atomic E-state index is -0.249. The van der Waals surface area contributed by atoms with Crippen molar-refractivity contribution in [3.63, 3.8) is 0 Å². The van der Waals surface area contributed by atoms with Crippen molar-refractivity contribution >= 4 is 33.7 Å². The molecule has 0 saturated heterocycles. The van der Waals surface area contributed by atoms with Gasteiger partial charge in [-0.3, -0.25) is 14.2 Å². The molecule has 0 aliphatic heterocycles. The minimum absolute atomic E-state index is 0.00663. The summed E-state index contributed by atoms with van der Waals surface area (Å²) >= 11 is 2.48. The Balaban J connectivity index is 1.68. The fourth-order valence-electron chi connectivity index (χ4n) is 2.58. The highest BCUT2D eigenvalue weighted by Crippen LogP contribution is 2.27. The Kier molecular flexibility index (Phi) is 5.68. The molecular weight excluding hydrogens is 366 g/mol. The Bertz CT molecular complexity index is 954. The van der Waals surface area contributed by atoms with Crippen LogP contribution in [-0.4, -0.2) is 15.5 Å². The van der Waals surface area contributed by atoms with Gasteiger partial charge in [0.25, 0.3) is 0 Å². The van der Waals surface area contributed by atoms with E-state index < -0.39 is 0 Å². The number of aryl methyl sites for hydroxylation is 1. The predicted octanol–water partition coefficient (Wildman–Crippen LogP) is 4.49. The summed E-state index contributed by atoms with van der Waals surface area (Å²) in [6, 6.07) is 8.40. The Morgan fingerprint density at radius 3 is 2.58 bits per heavy atom. The Labute approximate surface area is 160 Å². The van der Waals surface area contributed by atoms with E-state index in [0.29, 0.717) is 11.0 Å². The average Bonchev–Trinajstić information content (AvgIpc) is 3.23. The quantitative estimate of drug-likeness (QED) is 0.677. The normalized spacial score (nSPS) is 12.1. The first-order valence-corrected chi connectivity index (χ1v) is 10.2. The van der Waals surface area contributed by atoms with Gasteiger partial charge < -0.3 is 5.32 Å². The molecular formula is C19H21N3O2S2. The molecule has 2 aromatic heterocycles. The summed E-state index contributed by atoms with van der Waals surface area (Å²) in [4.78, 5) is 28.3. The van der Waals surface area contributed by atoms with Crippen molar-refractivity contribution in [1.82, 2.24) is 9.55 Å². The van der Waals surface area contributed by atoms with Gasteiger partial charge in [0.05, 0.1) is 5.69 Å². The van der Waals surface area contributed by atoms with Gasteiger partial charge in [-0.1, -0.05) is 49.4 Å². The number of nitrogens with zero attached hydrogens (tertiary/aromatic N) is 2. The van der Waals surface area contributed by atoms with Crippen LogP contribution < -0.4 is 10.2 Å². The van der Waals surface area contributed by atoms with Gasteiger partial charge in [-0.05, 0) is 24.8 Å². The number of benzene rings is 1. The molecule has 136 valence electrons. The molecule has 0 unspecified atom stereocenters. The topological polar surface area (TPSA) is 64.0 Å². The smallest absolute Gasteiger partial charge is 0.300 e. The Hall–Kier alpha value is -2.25. The summed E-state index contributed by atoms with van der Waals surface area (Å²) in [5.74, 6) is 0.292. The van der Waals surface area contributed by atoms with E-state index in [0.717, 1.165) is 34.7 Å². The summed E-state index contributed by atoms with van der Waals surface area (Å²) in [5, 5.41) is 6.99. The number of aromatic nitrogens is 2. The van der Waals surface area contributed by atoms with Crippen LogP contribution >= 0.6 is 22.7 Å². The minimum Gasteiger partial charge on any atom is -0.300 e. The lowest BCUT2D eigenvalue weighted by atomic mass is 9.97. The van der Waals surface area contributed by atoms with Gasteiger partial charge in [0, 0.05) is 22.0 Å². The molecule has 1 atom stereocenters. The van der Waals surface area contributed by atoms with Gasteiger partial charge >= 0.3 is 4.87 Å². The third kappa shape index (κ3) is 4.11. The SMILES string of the molecule is CC[C@@H](C)c1ccc(-c2csc(NC(=O)Cn3c(C)csc3=O)n2)cc1. The van der Waals surface area contributed by atoms with E-state index >= 15 is 0 Å². The zero-order valence-electron chi connectivity index (χ0n) is 15.0. The van der Waals surface area contributed by atoms with Crippen LogP contribution in [0, 0.1) is 6.92 Å². The molecule has 2 heterocycles. The molecule has 0 spiro atoms. The van der Waals surface area contributed by atoms with Crippen LogP contribution in [0.2, 0.25) is 0 Å². The Morgan fingerprint density at radius 1 is 1.23 bits per heavy atom. The van der Waals surface area contributed by atoms with Crippen LogP contribution in [-0.2, 0) is 11.3 Å². The highest BCUT2D eigenvalue weighted by Gasteiger charge is 2.12. The van der Waals surface area contributed by atoms with Crippen LogP contribution in [0.3, 0.4) is 0 Å². The van der Waals surface area contributed by atoms with E-state index in [2.05, 4.69) is 48.4 Å². The number of hydrogen-bond donors (Lipinski definition) is 1. The third-order valence-corrected chi connectivity index (χ3v) is 6.06. The van der Waals surface area contributed by atoms with Crippen molar-refractivity contribution in [2.75, 3.05) is 5.32 Å². The number of rotatable bonds is 6. The van der Waals surface area contributed by atoms with Gasteiger partial charge in [0.1, 0.15) is 6.54 Å². The number of anilines is 1. The molecule has 0 aliphatic rings. The lowest BCUT2D eigenvalue weighted by Gasteiger charge is -2.08. The zero-order chi connectivity index (χ0) is 18.7. The maximum Gasteiger partial charge on any atom is 0.307 e. The van der Waals surface area contributed by atoms with Crippen molar-refractivity contribution in [1.29, 1.82) is 0 Å². The van der Waals surface area contributed by atoms with E-state index in [4.69, 9.17) is 0 Å². The second-order valence-corrected chi connectivity index (χ2v) is 7.93. The number of nitrogens with one attached hydrogen (secondary N) is 1. The molecule has 7 heteroatoms. The standard InChI is InChI=1S/C19H21N3O2S2/c1-4-12(2)14-5-7-15(8-6-14)16-11-25-18(20-16)21-17(23)9-22-13(3)10-26-19(22)24/h5-8,10-12H,4,9H2,1-3H3,(H,20,21,23)/t12-/m1/s1. The molecule has 5 nitrogen and oxygen atoms in total. The van der Waals surface area contributed by atoms with Crippen molar-refractivity contribution < 1.29 is 4.79 Å². The molecule has 0 fully saturated rings. The maximum absolute atomic E-state index is 12.2. The van der Waals surface area contributed by atoms with Crippen LogP contribution in [0.4, 0.5) is 5.13 Å². The molecule has 1 aromatic carbocycles. The van der Waals surface area contributed by atoms with E-state index in [9.17, 15) is 9.59 Å². The van der Waals surface area contributed by atoms with Gasteiger partial charge in [0.2, 0.25) is 5.91 Å². The van der Waals surface area contributed by atoms with Gasteiger partial charge in [0.15, 0.2) is 5.13 Å². The highest BCUT2D eigenvalue weighted by molar-refractivity contribution is 7.14. The molecule has 1 amide bonds. The number of carbonyl (C=O) groups excluding carboxylic acids is 1. The largest absolute Gasteiger partial charge is 0.307 e. The molecule has 0 bridgehead atoms. The molecule has 26 heavy (non-hydrogen) atoms. The lowest BCUT2D eigenvalue weighted by Crippen LogP contribution is -2.25. The Morgan fingerprint density at radius 2 is 1.96 bits per heavy atom. The number of amides is 1. The molecule has 0 saturated carbocycles. The summed E-state index contributed by atoms with van der Waals surface area (Å²) in [6.07, 6.45) is 1.11. The molecule has 0 radical (unpaired) electrons. The first-order chi connectivity index (χ1) is 12.5. The maximum atomic E-state index is 12.2. The second-order valence-electron chi connectivity index (χ2n) is 6.25. The molecule has 0 aliphatic carbocycles. The zero-order valence-corrected chi connectivity index (χ0v) is 16.6. The van der Waals surface area contributed by atoms with E-state index in [-0.39, 0.29) is 17.3 Å². The highest BCUT2D eigenvalue weighted by atomic mass is 32.1. The van der Waals surface area contributed by atoms with Crippen LogP contribution in [0.5, 0.6) is 0 Å². The van der Waals surface area contributed by atoms with E-state index in [1.165, 1.54) is 21.5 Å². The van der Waals surface area contributed by atoms with E-state index in [1.807, 2.05) is 12.3 Å². The first-order valence-electron chi connectivity index (χ1n) is 8.48. The third-order valence-electron chi connectivity index (χ3n) is 4.42.